The van der Waals surface area contributed by atoms with Crippen molar-refractivity contribution in [1.29, 1.82) is 0 Å². The Bertz CT molecular complexity index is 400. The summed E-state index contributed by atoms with van der Waals surface area (Å²) in [5.74, 6) is 0. The van der Waals surface area contributed by atoms with Gasteiger partial charge in [-0.25, -0.2) is 0 Å². The Morgan fingerprint density at radius 1 is 1.00 bits per heavy atom. The standard InChI is InChI=1S/C11H11F6NO/c12-10(13,14)9(11(15,16)17)19-6-5-7-3-1-2-4-8(7)18/h1-4,9H,5-6,18H2. The number of nitrogens with two attached hydrogens (primary N) is 1. The molecule has 8 heteroatoms. The van der Waals surface area contributed by atoms with Crippen molar-refractivity contribution in [2.75, 3.05) is 12.3 Å². The van der Waals surface area contributed by atoms with Crippen molar-refractivity contribution < 1.29 is 31.1 Å². The number of alkyl halides is 6. The van der Waals surface area contributed by atoms with Crippen LogP contribution >= 0.6 is 0 Å². The predicted octanol–water partition coefficient (Wildman–Crippen LogP) is 3.32. The summed E-state index contributed by atoms with van der Waals surface area (Å²) in [6.07, 6.45) is -14.9. The second kappa shape index (κ2) is 5.68. The van der Waals surface area contributed by atoms with Crippen molar-refractivity contribution in [2.45, 2.75) is 24.9 Å². The Hall–Kier alpha value is -1.44. The topological polar surface area (TPSA) is 35.2 Å². The van der Waals surface area contributed by atoms with E-state index in [1.54, 1.807) is 12.1 Å². The summed E-state index contributed by atoms with van der Waals surface area (Å²) in [4.78, 5) is 0. The third-order valence-electron chi connectivity index (χ3n) is 2.31. The Kier molecular flexibility index (Phi) is 4.67. The fourth-order valence-electron chi connectivity index (χ4n) is 1.42. The molecule has 0 aromatic heterocycles. The molecule has 0 bridgehead atoms. The van der Waals surface area contributed by atoms with Crippen LogP contribution in [-0.4, -0.2) is 25.1 Å². The highest BCUT2D eigenvalue weighted by Crippen LogP contribution is 2.35. The van der Waals surface area contributed by atoms with Gasteiger partial charge < -0.3 is 10.5 Å². The molecule has 0 amide bonds. The molecule has 0 aliphatic heterocycles. The summed E-state index contributed by atoms with van der Waals surface area (Å²) in [6.45, 7) is -0.724. The predicted molar refractivity (Wildman–Crippen MR) is 56.4 cm³/mol. The second-order valence-corrected chi connectivity index (χ2v) is 3.78. The lowest BCUT2D eigenvalue weighted by molar-refractivity contribution is -0.321. The molecule has 0 aliphatic carbocycles. The first-order valence-electron chi connectivity index (χ1n) is 5.21. The van der Waals surface area contributed by atoms with Gasteiger partial charge in [0.25, 0.3) is 0 Å². The number of hydrogen-bond acceptors (Lipinski definition) is 2. The molecule has 19 heavy (non-hydrogen) atoms. The summed E-state index contributed by atoms with van der Waals surface area (Å²) in [7, 11) is 0. The third-order valence-corrected chi connectivity index (χ3v) is 2.31. The molecule has 0 aliphatic rings. The van der Waals surface area contributed by atoms with Crippen molar-refractivity contribution in [3.05, 3.63) is 29.8 Å². The van der Waals surface area contributed by atoms with Crippen LogP contribution in [0.4, 0.5) is 32.0 Å². The minimum atomic E-state index is -5.49. The molecular weight excluding hydrogens is 276 g/mol. The quantitative estimate of drug-likeness (QED) is 0.681. The minimum absolute atomic E-state index is 0.130. The Morgan fingerprint density at radius 2 is 1.53 bits per heavy atom. The number of nitrogen functional groups attached to an aromatic ring is 1. The first kappa shape index (κ1) is 15.6. The number of anilines is 1. The molecule has 1 aromatic rings. The molecule has 1 rings (SSSR count). The summed E-state index contributed by atoms with van der Waals surface area (Å²) < 4.78 is 76.8. The normalized spacial score (nSPS) is 13.0. The lowest BCUT2D eigenvalue weighted by Gasteiger charge is -2.23. The highest BCUT2D eigenvalue weighted by atomic mass is 19.4. The number of para-hydroxylation sites is 1. The molecule has 0 heterocycles. The second-order valence-electron chi connectivity index (χ2n) is 3.78. The highest BCUT2D eigenvalue weighted by molar-refractivity contribution is 5.46. The smallest absolute Gasteiger partial charge is 0.399 e. The zero-order valence-corrected chi connectivity index (χ0v) is 9.55. The molecule has 1 aromatic carbocycles. The van der Waals surface area contributed by atoms with Crippen molar-refractivity contribution in [1.82, 2.24) is 0 Å². The van der Waals surface area contributed by atoms with E-state index in [0.29, 0.717) is 11.3 Å². The monoisotopic (exact) mass is 287 g/mol. The maximum absolute atomic E-state index is 12.2. The largest absolute Gasteiger partial charge is 0.423 e. The minimum Gasteiger partial charge on any atom is -0.399 e. The lowest BCUT2D eigenvalue weighted by Crippen LogP contribution is -2.44. The van der Waals surface area contributed by atoms with Gasteiger partial charge in [-0.1, -0.05) is 18.2 Å². The van der Waals surface area contributed by atoms with Crippen molar-refractivity contribution in [3.63, 3.8) is 0 Å². The highest BCUT2D eigenvalue weighted by Gasteiger charge is 2.57. The van der Waals surface area contributed by atoms with Gasteiger partial charge in [0, 0.05) is 5.69 Å². The molecule has 2 N–H and O–H groups in total. The molecule has 0 radical (unpaired) electrons. The molecule has 108 valence electrons. The fourth-order valence-corrected chi connectivity index (χ4v) is 1.42. The number of halogens is 6. The van der Waals surface area contributed by atoms with E-state index in [-0.39, 0.29) is 6.42 Å². The van der Waals surface area contributed by atoms with Gasteiger partial charge in [0.2, 0.25) is 6.10 Å². The number of benzene rings is 1. The summed E-state index contributed by atoms with van der Waals surface area (Å²) in [6, 6.07) is 6.19. The van der Waals surface area contributed by atoms with Crippen molar-refractivity contribution in [2.24, 2.45) is 0 Å². The summed E-state index contributed by atoms with van der Waals surface area (Å²) in [5.41, 5.74) is 6.24. The van der Waals surface area contributed by atoms with Crippen LogP contribution < -0.4 is 5.73 Å². The number of ether oxygens (including phenoxy) is 1. The molecule has 0 saturated heterocycles. The summed E-state index contributed by atoms with van der Waals surface area (Å²) in [5, 5.41) is 0. The lowest BCUT2D eigenvalue weighted by atomic mass is 10.1. The Morgan fingerprint density at radius 3 is 2.00 bits per heavy atom. The molecule has 0 unspecified atom stereocenters. The van der Waals surface area contributed by atoms with Gasteiger partial charge in [-0.05, 0) is 18.1 Å². The zero-order valence-electron chi connectivity index (χ0n) is 9.55. The first-order chi connectivity index (χ1) is 8.62. The van der Waals surface area contributed by atoms with Crippen LogP contribution in [0, 0.1) is 0 Å². The summed E-state index contributed by atoms with van der Waals surface area (Å²) >= 11 is 0. The van der Waals surface area contributed by atoms with E-state index in [9.17, 15) is 26.3 Å². The van der Waals surface area contributed by atoms with E-state index in [1.807, 2.05) is 0 Å². The van der Waals surface area contributed by atoms with Crippen LogP contribution in [0.1, 0.15) is 5.56 Å². The van der Waals surface area contributed by atoms with Gasteiger partial charge >= 0.3 is 12.4 Å². The first-order valence-corrected chi connectivity index (χ1v) is 5.21. The average Bonchev–Trinajstić information content (AvgIpc) is 2.23. The van der Waals surface area contributed by atoms with Crippen LogP contribution in [0.3, 0.4) is 0 Å². The van der Waals surface area contributed by atoms with E-state index >= 15 is 0 Å². The molecule has 0 atom stereocenters. The van der Waals surface area contributed by atoms with Crippen LogP contribution in [0.15, 0.2) is 24.3 Å². The third kappa shape index (κ3) is 4.62. The molecule has 0 spiro atoms. The van der Waals surface area contributed by atoms with Crippen LogP contribution in [0.5, 0.6) is 0 Å². The van der Waals surface area contributed by atoms with E-state index in [1.165, 1.54) is 12.1 Å². The molecule has 0 saturated carbocycles. The molecule has 0 fully saturated rings. The van der Waals surface area contributed by atoms with Crippen molar-refractivity contribution >= 4 is 5.69 Å². The number of hydrogen-bond donors (Lipinski definition) is 1. The van der Waals surface area contributed by atoms with E-state index in [2.05, 4.69) is 4.74 Å². The van der Waals surface area contributed by atoms with Gasteiger partial charge in [-0.3, -0.25) is 0 Å². The molecular formula is C11H11F6NO. The van der Waals surface area contributed by atoms with Gasteiger partial charge in [0.15, 0.2) is 0 Å². The maximum Gasteiger partial charge on any atom is 0.423 e. The number of rotatable bonds is 4. The van der Waals surface area contributed by atoms with Crippen LogP contribution in [0.25, 0.3) is 0 Å². The van der Waals surface area contributed by atoms with Crippen LogP contribution in [-0.2, 0) is 11.2 Å². The van der Waals surface area contributed by atoms with E-state index in [0.717, 1.165) is 0 Å². The van der Waals surface area contributed by atoms with E-state index < -0.39 is 25.1 Å². The van der Waals surface area contributed by atoms with E-state index in [4.69, 9.17) is 5.73 Å². The van der Waals surface area contributed by atoms with Gasteiger partial charge in [-0.15, -0.1) is 0 Å². The Labute approximate surface area is 105 Å². The van der Waals surface area contributed by atoms with Gasteiger partial charge in [0.1, 0.15) is 0 Å². The van der Waals surface area contributed by atoms with Gasteiger partial charge in [0.05, 0.1) is 6.61 Å². The Balaban J connectivity index is 2.62. The van der Waals surface area contributed by atoms with Crippen LogP contribution in [0.2, 0.25) is 0 Å². The van der Waals surface area contributed by atoms with Gasteiger partial charge in [-0.2, -0.15) is 26.3 Å². The fraction of sp³-hybridized carbons (Fsp3) is 0.455. The van der Waals surface area contributed by atoms with Crippen molar-refractivity contribution in [3.8, 4) is 0 Å². The molecule has 2 nitrogen and oxygen atoms in total. The zero-order chi connectivity index (χ0) is 14.7. The maximum atomic E-state index is 12.2. The average molecular weight is 287 g/mol. The SMILES string of the molecule is Nc1ccccc1CCOC(C(F)(F)F)C(F)(F)F.